The van der Waals surface area contributed by atoms with Gasteiger partial charge in [-0.05, 0) is 61.7 Å². The van der Waals surface area contributed by atoms with E-state index < -0.39 is 11.8 Å². The average molecular weight is 474 g/mol. The Hall–Kier alpha value is -2.87. The minimum Gasteiger partial charge on any atom is -0.376 e. The Kier molecular flexibility index (Phi) is 6.50. The maximum absolute atomic E-state index is 12.9. The molecule has 1 atom stereocenters. The SMILES string of the molecule is Cc1ccc(N2C(=O)C(Cl)=C(Nc3ccc(C(=O)NCC4CCCO4)cc3)C2=O)cc1Cl. The fourth-order valence-corrected chi connectivity index (χ4v) is 3.92. The highest BCUT2D eigenvalue weighted by Gasteiger charge is 2.39. The molecule has 2 aromatic carbocycles. The highest BCUT2D eigenvalue weighted by atomic mass is 35.5. The molecule has 7 nitrogen and oxygen atoms in total. The van der Waals surface area contributed by atoms with Gasteiger partial charge in [-0.25, -0.2) is 4.90 Å². The van der Waals surface area contributed by atoms with Crippen molar-refractivity contribution in [2.75, 3.05) is 23.4 Å². The zero-order valence-corrected chi connectivity index (χ0v) is 18.8. The highest BCUT2D eigenvalue weighted by Crippen LogP contribution is 2.32. The number of nitrogens with zero attached hydrogens (tertiary/aromatic N) is 1. The number of hydrogen-bond donors (Lipinski definition) is 2. The number of carbonyl (C=O) groups excluding carboxylic acids is 3. The largest absolute Gasteiger partial charge is 0.376 e. The Balaban J connectivity index is 1.43. The molecule has 166 valence electrons. The molecule has 4 rings (SSSR count). The van der Waals surface area contributed by atoms with Crippen LogP contribution in [0.15, 0.2) is 53.2 Å². The number of nitrogens with one attached hydrogen (secondary N) is 2. The zero-order chi connectivity index (χ0) is 22.8. The van der Waals surface area contributed by atoms with Crippen LogP contribution >= 0.6 is 23.2 Å². The van der Waals surface area contributed by atoms with Crippen molar-refractivity contribution in [3.63, 3.8) is 0 Å². The third-order valence-corrected chi connectivity index (χ3v) is 6.13. The van der Waals surface area contributed by atoms with Crippen LogP contribution in [0.4, 0.5) is 11.4 Å². The van der Waals surface area contributed by atoms with E-state index in [0.29, 0.717) is 28.5 Å². The number of anilines is 2. The first-order valence-corrected chi connectivity index (χ1v) is 10.9. The van der Waals surface area contributed by atoms with Gasteiger partial charge >= 0.3 is 0 Å². The molecular formula is C23H21Cl2N3O4. The number of amides is 3. The fraction of sp³-hybridized carbons (Fsp3) is 0.261. The number of halogens is 2. The van der Waals surface area contributed by atoms with Gasteiger partial charge in [-0.3, -0.25) is 14.4 Å². The van der Waals surface area contributed by atoms with Crippen molar-refractivity contribution >= 4 is 52.3 Å². The summed E-state index contributed by atoms with van der Waals surface area (Å²) in [5.41, 5.74) is 2.11. The van der Waals surface area contributed by atoms with Gasteiger partial charge in [-0.15, -0.1) is 0 Å². The maximum atomic E-state index is 12.9. The Morgan fingerprint density at radius 2 is 1.88 bits per heavy atom. The minimum atomic E-state index is -0.635. The molecular weight excluding hydrogens is 453 g/mol. The highest BCUT2D eigenvalue weighted by molar-refractivity contribution is 6.53. The van der Waals surface area contributed by atoms with E-state index in [-0.39, 0.29) is 22.7 Å². The van der Waals surface area contributed by atoms with Crippen molar-refractivity contribution in [2.24, 2.45) is 0 Å². The number of hydrogen-bond acceptors (Lipinski definition) is 5. The molecule has 0 radical (unpaired) electrons. The van der Waals surface area contributed by atoms with E-state index in [2.05, 4.69) is 10.6 Å². The first kappa shape index (κ1) is 22.3. The van der Waals surface area contributed by atoms with Crippen LogP contribution in [0.5, 0.6) is 0 Å². The van der Waals surface area contributed by atoms with Gasteiger partial charge in [0.15, 0.2) is 0 Å². The van der Waals surface area contributed by atoms with E-state index in [1.54, 1.807) is 42.5 Å². The summed E-state index contributed by atoms with van der Waals surface area (Å²) in [4.78, 5) is 38.8. The van der Waals surface area contributed by atoms with Crippen molar-refractivity contribution in [1.29, 1.82) is 0 Å². The summed E-state index contributed by atoms with van der Waals surface area (Å²) in [6.07, 6.45) is 2.01. The van der Waals surface area contributed by atoms with E-state index in [1.807, 2.05) is 6.92 Å². The van der Waals surface area contributed by atoms with Gasteiger partial charge < -0.3 is 15.4 Å². The van der Waals surface area contributed by atoms with E-state index in [9.17, 15) is 14.4 Å². The molecule has 1 unspecified atom stereocenters. The average Bonchev–Trinajstić information content (AvgIpc) is 3.38. The molecule has 2 heterocycles. The van der Waals surface area contributed by atoms with Crippen LogP contribution in [0, 0.1) is 6.92 Å². The van der Waals surface area contributed by atoms with Crippen molar-refractivity contribution < 1.29 is 19.1 Å². The molecule has 0 bridgehead atoms. The van der Waals surface area contributed by atoms with Gasteiger partial charge in [-0.2, -0.15) is 0 Å². The third kappa shape index (κ3) is 4.50. The van der Waals surface area contributed by atoms with Crippen LogP contribution < -0.4 is 15.5 Å². The summed E-state index contributed by atoms with van der Waals surface area (Å²) < 4.78 is 5.50. The van der Waals surface area contributed by atoms with Crippen molar-refractivity contribution in [2.45, 2.75) is 25.9 Å². The smallest absolute Gasteiger partial charge is 0.283 e. The standard InChI is InChI=1S/C23H21Cl2N3O4/c1-13-4-9-16(11-18(13)24)28-22(30)19(25)20(23(28)31)27-15-7-5-14(6-8-15)21(29)26-12-17-3-2-10-32-17/h4-9,11,17,27H,2-3,10,12H2,1H3,(H,26,29). The van der Waals surface area contributed by atoms with E-state index >= 15 is 0 Å². The second-order valence-corrected chi connectivity index (χ2v) is 8.40. The Bertz CT molecular complexity index is 1110. The molecule has 2 aliphatic rings. The lowest BCUT2D eigenvalue weighted by molar-refractivity contribution is -0.120. The molecule has 1 saturated heterocycles. The molecule has 2 aromatic rings. The van der Waals surface area contributed by atoms with Crippen LogP contribution in [0.3, 0.4) is 0 Å². The fourth-order valence-electron chi connectivity index (χ4n) is 3.53. The Labute approximate surface area is 195 Å². The number of benzene rings is 2. The molecule has 0 saturated carbocycles. The van der Waals surface area contributed by atoms with Crippen LogP contribution in [-0.2, 0) is 14.3 Å². The van der Waals surface area contributed by atoms with Gasteiger partial charge in [-0.1, -0.05) is 29.3 Å². The van der Waals surface area contributed by atoms with Gasteiger partial charge in [0, 0.05) is 29.4 Å². The maximum Gasteiger partial charge on any atom is 0.283 e. The summed E-state index contributed by atoms with van der Waals surface area (Å²) in [6, 6.07) is 11.4. The first-order chi connectivity index (χ1) is 15.3. The molecule has 2 aliphatic heterocycles. The van der Waals surface area contributed by atoms with Crippen molar-refractivity contribution in [3.05, 3.63) is 69.3 Å². The topological polar surface area (TPSA) is 87.7 Å². The van der Waals surface area contributed by atoms with Gasteiger partial charge in [0.05, 0.1) is 11.8 Å². The molecule has 2 N–H and O–H groups in total. The van der Waals surface area contributed by atoms with Crippen LogP contribution in [0.25, 0.3) is 0 Å². The first-order valence-electron chi connectivity index (χ1n) is 10.2. The quantitative estimate of drug-likeness (QED) is 0.619. The number of imide groups is 1. The summed E-state index contributed by atoms with van der Waals surface area (Å²) in [5, 5.41) is 5.97. The summed E-state index contributed by atoms with van der Waals surface area (Å²) in [5.74, 6) is -1.43. The monoisotopic (exact) mass is 473 g/mol. The lowest BCUT2D eigenvalue weighted by atomic mass is 10.1. The van der Waals surface area contributed by atoms with E-state index in [1.165, 1.54) is 0 Å². The van der Waals surface area contributed by atoms with Crippen LogP contribution in [0.2, 0.25) is 5.02 Å². The van der Waals surface area contributed by atoms with Gasteiger partial charge in [0.25, 0.3) is 17.7 Å². The molecule has 0 aliphatic carbocycles. The van der Waals surface area contributed by atoms with Crippen molar-refractivity contribution in [3.8, 4) is 0 Å². The third-order valence-electron chi connectivity index (χ3n) is 5.37. The molecule has 32 heavy (non-hydrogen) atoms. The molecule has 0 aromatic heterocycles. The Morgan fingerprint density at radius 3 is 2.53 bits per heavy atom. The zero-order valence-electron chi connectivity index (χ0n) is 17.3. The molecule has 1 fully saturated rings. The number of aryl methyl sites for hydroxylation is 1. The molecule has 3 amide bonds. The minimum absolute atomic E-state index is 0.0380. The summed E-state index contributed by atoms with van der Waals surface area (Å²) in [6.45, 7) is 3.02. The number of rotatable bonds is 6. The lowest BCUT2D eigenvalue weighted by Gasteiger charge is -2.16. The molecule has 0 spiro atoms. The lowest BCUT2D eigenvalue weighted by Crippen LogP contribution is -2.32. The van der Waals surface area contributed by atoms with Crippen molar-refractivity contribution in [1.82, 2.24) is 5.32 Å². The number of carbonyl (C=O) groups is 3. The number of ether oxygens (including phenoxy) is 1. The second-order valence-electron chi connectivity index (χ2n) is 7.62. The van der Waals surface area contributed by atoms with Crippen LogP contribution in [0.1, 0.15) is 28.8 Å². The van der Waals surface area contributed by atoms with Gasteiger partial charge in [0.1, 0.15) is 10.7 Å². The summed E-state index contributed by atoms with van der Waals surface area (Å²) in [7, 11) is 0. The Morgan fingerprint density at radius 1 is 1.12 bits per heavy atom. The van der Waals surface area contributed by atoms with Crippen LogP contribution in [-0.4, -0.2) is 37.0 Å². The predicted molar refractivity (Wildman–Crippen MR) is 123 cm³/mol. The summed E-state index contributed by atoms with van der Waals surface area (Å²) >= 11 is 12.3. The second kappa shape index (κ2) is 9.32. The van der Waals surface area contributed by atoms with E-state index in [4.69, 9.17) is 27.9 Å². The van der Waals surface area contributed by atoms with E-state index in [0.717, 1.165) is 29.9 Å². The predicted octanol–water partition coefficient (Wildman–Crippen LogP) is 3.99. The normalized spacial score (nSPS) is 18.5. The molecule has 9 heteroatoms. The van der Waals surface area contributed by atoms with Gasteiger partial charge in [0.2, 0.25) is 0 Å².